The van der Waals surface area contributed by atoms with Crippen LogP contribution in [0.2, 0.25) is 0 Å². The number of fused-ring (bicyclic) bond motifs is 3. The van der Waals surface area contributed by atoms with Crippen LogP contribution in [0.5, 0.6) is 5.75 Å². The number of carbonyl (C=O) groups is 1. The molecule has 0 aromatic heterocycles. The van der Waals surface area contributed by atoms with Crippen LogP contribution in [0.3, 0.4) is 0 Å². The summed E-state index contributed by atoms with van der Waals surface area (Å²) in [5.41, 5.74) is 1.75. The molecule has 3 aromatic rings. The molecule has 3 aromatic carbocycles. The average Bonchev–Trinajstić information content (AvgIpc) is 2.67. The molecule has 27 heavy (non-hydrogen) atoms. The lowest BCUT2D eigenvalue weighted by Crippen LogP contribution is -2.39. The van der Waals surface area contributed by atoms with Gasteiger partial charge in [0.2, 0.25) is 0 Å². The third-order valence-corrected chi connectivity index (χ3v) is 6.62. The summed E-state index contributed by atoms with van der Waals surface area (Å²) in [5, 5.41) is 0. The van der Waals surface area contributed by atoms with E-state index in [2.05, 4.69) is 15.9 Å². The molecule has 5 nitrogen and oxygen atoms in total. The third-order valence-electron chi connectivity index (χ3n) is 4.37. The predicted molar refractivity (Wildman–Crippen MR) is 107 cm³/mol. The van der Waals surface area contributed by atoms with Gasteiger partial charge in [0.15, 0.2) is 0 Å². The molecule has 136 valence electrons. The van der Waals surface area contributed by atoms with Gasteiger partial charge in [-0.25, -0.2) is 8.42 Å². The number of nitrogens with zero attached hydrogens (tertiary/aromatic N) is 1. The lowest BCUT2D eigenvalue weighted by atomic mass is 10.0. The summed E-state index contributed by atoms with van der Waals surface area (Å²) in [6.45, 7) is 0. The standard InChI is InChI=1S/C20H14BrNO4S/c1-26-15-9-10-18-17(12-15)16-7-2-3-8-19(16)27(24,25)22(18)20(23)13-5-4-6-14(21)11-13/h2-12H,1H3. The first kappa shape index (κ1) is 17.8. The van der Waals surface area contributed by atoms with Gasteiger partial charge in [-0.3, -0.25) is 4.79 Å². The number of anilines is 1. The Labute approximate surface area is 165 Å². The van der Waals surface area contributed by atoms with Crippen LogP contribution in [0.15, 0.2) is 76.1 Å². The Morgan fingerprint density at radius 3 is 2.48 bits per heavy atom. The van der Waals surface area contributed by atoms with Crippen molar-refractivity contribution in [1.29, 1.82) is 0 Å². The number of halogens is 1. The second-order valence-electron chi connectivity index (χ2n) is 5.96. The van der Waals surface area contributed by atoms with Crippen molar-refractivity contribution in [2.24, 2.45) is 0 Å². The molecule has 0 unspecified atom stereocenters. The summed E-state index contributed by atoms with van der Waals surface area (Å²) in [7, 11) is -2.51. The van der Waals surface area contributed by atoms with Gasteiger partial charge in [0.25, 0.3) is 15.9 Å². The highest BCUT2D eigenvalue weighted by atomic mass is 79.9. The van der Waals surface area contributed by atoms with E-state index < -0.39 is 15.9 Å². The van der Waals surface area contributed by atoms with E-state index in [0.29, 0.717) is 27.0 Å². The van der Waals surface area contributed by atoms with Crippen LogP contribution in [0, 0.1) is 0 Å². The maximum Gasteiger partial charge on any atom is 0.272 e. The maximum atomic E-state index is 13.3. The van der Waals surface area contributed by atoms with E-state index >= 15 is 0 Å². The minimum Gasteiger partial charge on any atom is -0.497 e. The second kappa shape index (κ2) is 6.51. The molecular weight excluding hydrogens is 430 g/mol. The van der Waals surface area contributed by atoms with E-state index in [-0.39, 0.29) is 10.5 Å². The highest BCUT2D eigenvalue weighted by Crippen LogP contribution is 2.45. The van der Waals surface area contributed by atoms with Crippen LogP contribution < -0.4 is 9.04 Å². The van der Waals surface area contributed by atoms with Crippen molar-refractivity contribution in [2.45, 2.75) is 4.90 Å². The third kappa shape index (κ3) is 2.83. The van der Waals surface area contributed by atoms with Crippen molar-refractivity contribution in [1.82, 2.24) is 0 Å². The van der Waals surface area contributed by atoms with Crippen molar-refractivity contribution >= 4 is 37.5 Å². The van der Waals surface area contributed by atoms with Gasteiger partial charge in [0.05, 0.1) is 17.7 Å². The van der Waals surface area contributed by atoms with Crippen LogP contribution in [-0.2, 0) is 10.0 Å². The summed E-state index contributed by atoms with van der Waals surface area (Å²) in [6, 6.07) is 18.3. The Balaban J connectivity index is 1.99. The molecule has 0 saturated heterocycles. The first-order valence-electron chi connectivity index (χ1n) is 8.06. The topological polar surface area (TPSA) is 63.7 Å². The lowest BCUT2D eigenvalue weighted by Gasteiger charge is -2.30. The normalized spacial score (nSPS) is 14.2. The molecule has 7 heteroatoms. The molecule has 0 aliphatic carbocycles. The molecule has 0 radical (unpaired) electrons. The van der Waals surface area contributed by atoms with Crippen LogP contribution in [0.4, 0.5) is 5.69 Å². The van der Waals surface area contributed by atoms with E-state index in [9.17, 15) is 13.2 Å². The van der Waals surface area contributed by atoms with Crippen molar-refractivity contribution in [3.63, 3.8) is 0 Å². The summed E-state index contributed by atoms with van der Waals surface area (Å²) in [5.74, 6) is -0.0325. The van der Waals surface area contributed by atoms with Gasteiger partial charge in [-0.2, -0.15) is 4.31 Å². The van der Waals surface area contributed by atoms with Crippen molar-refractivity contribution in [2.75, 3.05) is 11.4 Å². The van der Waals surface area contributed by atoms with E-state index in [1.165, 1.54) is 13.2 Å². The van der Waals surface area contributed by atoms with Gasteiger partial charge < -0.3 is 4.74 Å². The van der Waals surface area contributed by atoms with E-state index in [4.69, 9.17) is 4.74 Å². The number of carbonyl (C=O) groups excluding carboxylic acids is 1. The van der Waals surface area contributed by atoms with Gasteiger partial charge in [-0.05, 0) is 42.5 Å². The number of ether oxygens (including phenoxy) is 1. The maximum absolute atomic E-state index is 13.3. The van der Waals surface area contributed by atoms with Gasteiger partial charge in [0.1, 0.15) is 5.75 Å². The molecule has 1 heterocycles. The van der Waals surface area contributed by atoms with Gasteiger partial charge in [-0.15, -0.1) is 0 Å². The number of amides is 1. The second-order valence-corrected chi connectivity index (χ2v) is 8.63. The molecule has 1 aliphatic heterocycles. The molecule has 0 fully saturated rings. The monoisotopic (exact) mass is 443 g/mol. The molecule has 0 bridgehead atoms. The van der Waals surface area contributed by atoms with Crippen LogP contribution >= 0.6 is 15.9 Å². The molecule has 1 amide bonds. The number of hydrogen-bond acceptors (Lipinski definition) is 4. The highest BCUT2D eigenvalue weighted by molar-refractivity contribution is 9.10. The van der Waals surface area contributed by atoms with Gasteiger partial charge >= 0.3 is 0 Å². The smallest absolute Gasteiger partial charge is 0.272 e. The molecular formula is C20H14BrNO4S. The van der Waals surface area contributed by atoms with E-state index in [0.717, 1.165) is 4.31 Å². The van der Waals surface area contributed by atoms with E-state index in [1.807, 2.05) is 0 Å². The highest BCUT2D eigenvalue weighted by Gasteiger charge is 2.39. The molecule has 1 aliphatic rings. The van der Waals surface area contributed by atoms with Crippen molar-refractivity contribution in [3.8, 4) is 16.9 Å². The Kier molecular flexibility index (Phi) is 4.28. The van der Waals surface area contributed by atoms with E-state index in [1.54, 1.807) is 60.7 Å². The van der Waals surface area contributed by atoms with Crippen LogP contribution in [0.25, 0.3) is 11.1 Å². The molecule has 0 spiro atoms. The average molecular weight is 444 g/mol. The number of sulfonamides is 1. The minimum absolute atomic E-state index is 0.0918. The fourth-order valence-corrected chi connectivity index (χ4v) is 5.18. The Morgan fingerprint density at radius 1 is 0.963 bits per heavy atom. The summed E-state index contributed by atoms with van der Waals surface area (Å²) in [6.07, 6.45) is 0. The largest absolute Gasteiger partial charge is 0.497 e. The summed E-state index contributed by atoms with van der Waals surface area (Å²) >= 11 is 3.32. The first-order chi connectivity index (χ1) is 12.9. The van der Waals surface area contributed by atoms with Crippen LogP contribution in [0.1, 0.15) is 10.4 Å². The SMILES string of the molecule is COc1ccc2c(c1)-c1ccccc1S(=O)(=O)N2C(=O)c1cccc(Br)c1. The number of methoxy groups -OCH3 is 1. The van der Waals surface area contributed by atoms with Crippen molar-refractivity contribution in [3.05, 3.63) is 76.8 Å². The molecule has 0 saturated carbocycles. The molecule has 4 rings (SSSR count). The Morgan fingerprint density at radius 2 is 1.74 bits per heavy atom. The first-order valence-corrected chi connectivity index (χ1v) is 10.3. The Hall–Kier alpha value is -2.64. The quantitative estimate of drug-likeness (QED) is 0.585. The molecule has 0 atom stereocenters. The van der Waals surface area contributed by atoms with Gasteiger partial charge in [-0.1, -0.05) is 40.2 Å². The Bertz CT molecular complexity index is 1170. The summed E-state index contributed by atoms with van der Waals surface area (Å²) in [4.78, 5) is 13.3. The number of rotatable bonds is 2. The predicted octanol–water partition coefficient (Wildman–Crippen LogP) is 4.47. The van der Waals surface area contributed by atoms with Crippen molar-refractivity contribution < 1.29 is 17.9 Å². The summed E-state index contributed by atoms with van der Waals surface area (Å²) < 4.78 is 33.4. The fraction of sp³-hybridized carbons (Fsp3) is 0.0500. The fourth-order valence-electron chi connectivity index (χ4n) is 3.13. The molecule has 0 N–H and O–H groups in total. The van der Waals surface area contributed by atoms with Gasteiger partial charge in [0, 0.05) is 21.2 Å². The number of benzene rings is 3. The lowest BCUT2D eigenvalue weighted by molar-refractivity contribution is 0.100. The minimum atomic E-state index is -4.05. The zero-order valence-corrected chi connectivity index (χ0v) is 16.6. The zero-order valence-electron chi connectivity index (χ0n) is 14.2. The zero-order chi connectivity index (χ0) is 19.2. The number of hydrogen-bond donors (Lipinski definition) is 0. The van der Waals surface area contributed by atoms with Crippen LogP contribution in [-0.4, -0.2) is 21.4 Å².